The summed E-state index contributed by atoms with van der Waals surface area (Å²) in [5.41, 5.74) is 2.30. The van der Waals surface area contributed by atoms with Crippen LogP contribution in [0.4, 0.5) is 23.7 Å². The van der Waals surface area contributed by atoms with Crippen LogP contribution in [-0.2, 0) is 15.7 Å². The zero-order valence-corrected chi connectivity index (χ0v) is 20.3. The van der Waals surface area contributed by atoms with E-state index in [0.717, 1.165) is 12.1 Å². The minimum Gasteiger partial charge on any atom is -0.444 e. The van der Waals surface area contributed by atoms with Gasteiger partial charge in [-0.1, -0.05) is 11.6 Å². The van der Waals surface area contributed by atoms with Crippen molar-refractivity contribution in [3.05, 3.63) is 40.6 Å². The number of benzene rings is 1. The molecule has 192 valence electrons. The lowest BCUT2D eigenvalue weighted by Crippen LogP contribution is -2.67. The fraction of sp³-hybridized carbons (Fsp3) is 0.545. The van der Waals surface area contributed by atoms with Crippen LogP contribution in [0.15, 0.2) is 30.0 Å². The molecule has 0 aliphatic carbocycles. The second kappa shape index (κ2) is 9.49. The highest BCUT2D eigenvalue weighted by Gasteiger charge is 2.40. The number of alkyl halides is 3. The van der Waals surface area contributed by atoms with Gasteiger partial charge in [0.2, 0.25) is 0 Å². The van der Waals surface area contributed by atoms with Gasteiger partial charge in [0.15, 0.2) is 0 Å². The highest BCUT2D eigenvalue weighted by molar-refractivity contribution is 6.33. The maximum absolute atomic E-state index is 13.0. The molecule has 3 aliphatic heterocycles. The first-order valence-electron chi connectivity index (χ1n) is 11.2. The monoisotopic (exact) mass is 516 g/mol. The number of halogens is 4. The number of nitrogens with one attached hydrogen (secondary N) is 3. The van der Waals surface area contributed by atoms with Crippen molar-refractivity contribution < 1.29 is 27.5 Å². The van der Waals surface area contributed by atoms with Gasteiger partial charge in [-0.05, 0) is 45.4 Å². The maximum atomic E-state index is 13.0. The minimum absolute atomic E-state index is 0.102. The van der Waals surface area contributed by atoms with E-state index in [-0.39, 0.29) is 22.7 Å². The third kappa shape index (κ3) is 5.83. The van der Waals surface area contributed by atoms with Gasteiger partial charge < -0.3 is 15.0 Å². The Hall–Kier alpha value is -2.54. The van der Waals surface area contributed by atoms with Crippen LogP contribution in [-0.4, -0.2) is 66.0 Å². The van der Waals surface area contributed by atoms with E-state index < -0.39 is 29.8 Å². The summed E-state index contributed by atoms with van der Waals surface area (Å²) < 4.78 is 44.4. The summed E-state index contributed by atoms with van der Waals surface area (Å²) in [5, 5.41) is 7.54. The van der Waals surface area contributed by atoms with Gasteiger partial charge in [0, 0.05) is 32.4 Å². The van der Waals surface area contributed by atoms with Crippen LogP contribution in [0.5, 0.6) is 0 Å². The van der Waals surface area contributed by atoms with Gasteiger partial charge in [0.25, 0.3) is 5.91 Å². The van der Waals surface area contributed by atoms with E-state index in [1.165, 1.54) is 17.3 Å². The van der Waals surface area contributed by atoms with Crippen molar-refractivity contribution in [2.75, 3.05) is 31.2 Å². The van der Waals surface area contributed by atoms with Crippen LogP contribution in [0, 0.1) is 0 Å². The molecule has 2 saturated heterocycles. The number of hydrogen-bond acceptors (Lipinski definition) is 7. The van der Waals surface area contributed by atoms with Crippen LogP contribution in [0.1, 0.15) is 32.8 Å². The van der Waals surface area contributed by atoms with Crippen LogP contribution < -0.4 is 21.1 Å². The summed E-state index contributed by atoms with van der Waals surface area (Å²) in [6, 6.07) is 3.04. The SMILES string of the molecule is CC(C)(C)OC(=O)N1CCCN(C2NC(=O)C3=CN(c4ccc(C(F)(F)F)cc4Cl)NC3N2)CC1. The minimum atomic E-state index is -4.51. The van der Waals surface area contributed by atoms with E-state index in [1.54, 1.807) is 4.90 Å². The fourth-order valence-electron chi connectivity index (χ4n) is 4.10. The maximum Gasteiger partial charge on any atom is 0.416 e. The quantitative estimate of drug-likeness (QED) is 0.557. The molecule has 2 unspecified atom stereocenters. The molecule has 1 aromatic rings. The highest BCUT2D eigenvalue weighted by Crippen LogP contribution is 2.36. The number of carbonyl (C=O) groups excluding carboxylic acids is 2. The number of nitrogens with zero attached hydrogens (tertiary/aromatic N) is 3. The second-order valence-corrected chi connectivity index (χ2v) is 9.99. The largest absolute Gasteiger partial charge is 0.444 e. The molecule has 9 nitrogen and oxygen atoms in total. The summed E-state index contributed by atoms with van der Waals surface area (Å²) in [5.74, 6) is -0.315. The molecule has 1 aromatic carbocycles. The average Bonchev–Trinajstić information content (AvgIpc) is 3.01. The molecular formula is C22H28ClF3N6O3. The second-order valence-electron chi connectivity index (χ2n) is 9.58. The third-order valence-corrected chi connectivity index (χ3v) is 6.09. The van der Waals surface area contributed by atoms with Gasteiger partial charge in [0.1, 0.15) is 18.1 Å². The normalized spacial score (nSPS) is 24.0. The number of carbonyl (C=O) groups is 2. The molecule has 0 spiro atoms. The van der Waals surface area contributed by atoms with Crippen LogP contribution in [0.3, 0.4) is 0 Å². The number of hydrogen-bond donors (Lipinski definition) is 3. The summed E-state index contributed by atoms with van der Waals surface area (Å²) in [6.45, 7) is 7.58. The van der Waals surface area contributed by atoms with Crippen molar-refractivity contribution in [1.29, 1.82) is 0 Å². The molecular weight excluding hydrogens is 489 g/mol. The topological polar surface area (TPSA) is 89.2 Å². The number of hydrazine groups is 1. The Morgan fingerprint density at radius 1 is 1.14 bits per heavy atom. The van der Waals surface area contributed by atoms with Crippen molar-refractivity contribution in [1.82, 2.24) is 25.9 Å². The van der Waals surface area contributed by atoms with Crippen molar-refractivity contribution in [2.24, 2.45) is 0 Å². The smallest absolute Gasteiger partial charge is 0.416 e. The van der Waals surface area contributed by atoms with E-state index in [4.69, 9.17) is 16.3 Å². The Balaban J connectivity index is 1.40. The molecule has 3 heterocycles. The zero-order valence-electron chi connectivity index (χ0n) is 19.6. The molecule has 2 fully saturated rings. The van der Waals surface area contributed by atoms with Gasteiger partial charge in [-0.15, -0.1) is 0 Å². The molecule has 4 rings (SSSR count). The van der Waals surface area contributed by atoms with E-state index in [1.807, 2.05) is 25.7 Å². The number of ether oxygens (including phenoxy) is 1. The van der Waals surface area contributed by atoms with Gasteiger partial charge in [0.05, 0.1) is 21.8 Å². The van der Waals surface area contributed by atoms with Crippen LogP contribution in [0.25, 0.3) is 0 Å². The Labute approximate surface area is 206 Å². The summed E-state index contributed by atoms with van der Waals surface area (Å²) in [7, 11) is 0. The summed E-state index contributed by atoms with van der Waals surface area (Å²) in [4.78, 5) is 28.9. The molecule has 0 bridgehead atoms. The van der Waals surface area contributed by atoms with Gasteiger partial charge in [-0.25, -0.2) is 10.2 Å². The third-order valence-electron chi connectivity index (χ3n) is 5.78. The van der Waals surface area contributed by atoms with E-state index in [2.05, 4.69) is 16.1 Å². The van der Waals surface area contributed by atoms with Crippen molar-refractivity contribution in [3.8, 4) is 0 Å². The lowest BCUT2D eigenvalue weighted by atomic mass is 10.1. The highest BCUT2D eigenvalue weighted by atomic mass is 35.5. The zero-order chi connectivity index (χ0) is 25.5. The Morgan fingerprint density at radius 2 is 1.89 bits per heavy atom. The predicted octanol–water partition coefficient (Wildman–Crippen LogP) is 2.84. The molecule has 3 N–H and O–H groups in total. The van der Waals surface area contributed by atoms with E-state index in [0.29, 0.717) is 38.2 Å². The van der Waals surface area contributed by atoms with Gasteiger partial charge in [-0.3, -0.25) is 20.0 Å². The molecule has 0 aromatic heterocycles. The average molecular weight is 517 g/mol. The molecule has 2 amide bonds. The van der Waals surface area contributed by atoms with Crippen LogP contribution >= 0.6 is 11.6 Å². The standard InChI is InChI=1S/C22H28ClF3N6O3/c1-21(2,3)35-20(34)31-8-4-7-30(9-10-31)19-27-17-14(18(33)28-19)12-32(29-17)16-6-5-13(11-15(16)23)22(24,25)26/h5-6,11-12,17,19,27,29H,4,7-10H2,1-3H3,(H,28,33). The number of fused-ring (bicyclic) bond motifs is 1. The lowest BCUT2D eigenvalue weighted by molar-refractivity contribution is -0.137. The molecule has 0 radical (unpaired) electrons. The van der Waals surface area contributed by atoms with Crippen LogP contribution in [0.2, 0.25) is 5.02 Å². The van der Waals surface area contributed by atoms with E-state index in [9.17, 15) is 22.8 Å². The van der Waals surface area contributed by atoms with E-state index >= 15 is 0 Å². The first-order valence-corrected chi connectivity index (χ1v) is 11.6. The predicted molar refractivity (Wildman–Crippen MR) is 123 cm³/mol. The van der Waals surface area contributed by atoms with Gasteiger partial charge >= 0.3 is 12.3 Å². The number of anilines is 1. The summed E-state index contributed by atoms with van der Waals surface area (Å²) >= 11 is 6.11. The Kier molecular flexibility index (Phi) is 6.93. The van der Waals surface area contributed by atoms with Gasteiger partial charge in [-0.2, -0.15) is 13.2 Å². The first-order chi connectivity index (χ1) is 16.3. The number of rotatable bonds is 2. The molecule has 0 saturated carbocycles. The Morgan fingerprint density at radius 3 is 2.54 bits per heavy atom. The number of amides is 2. The summed E-state index contributed by atoms with van der Waals surface area (Å²) in [6.07, 6.45) is -3.75. The molecule has 35 heavy (non-hydrogen) atoms. The Bertz CT molecular complexity index is 1030. The first kappa shape index (κ1) is 25.5. The lowest BCUT2D eigenvalue weighted by Gasteiger charge is -2.38. The molecule has 2 atom stereocenters. The van der Waals surface area contributed by atoms with Crippen molar-refractivity contribution >= 4 is 29.3 Å². The molecule has 13 heteroatoms. The van der Waals surface area contributed by atoms with Crippen molar-refractivity contribution in [2.45, 2.75) is 51.4 Å². The fourth-order valence-corrected chi connectivity index (χ4v) is 4.37. The molecule has 3 aliphatic rings. The van der Waals surface area contributed by atoms with Crippen molar-refractivity contribution in [3.63, 3.8) is 0 Å².